The van der Waals surface area contributed by atoms with Gasteiger partial charge in [0.1, 0.15) is 12.7 Å². The minimum Gasteiger partial charge on any atom is -0.462 e. The van der Waals surface area contributed by atoms with Gasteiger partial charge in [-0.05, 0) is 77.0 Å². The molecule has 0 bridgehead atoms. The minimum absolute atomic E-state index is 0.139. The molecule has 316 valence electrons. The van der Waals surface area contributed by atoms with Crippen LogP contribution in [0.15, 0.2) is 72.9 Å². The van der Waals surface area contributed by atoms with Crippen molar-refractivity contribution in [1.29, 1.82) is 0 Å². The van der Waals surface area contributed by atoms with Gasteiger partial charge >= 0.3 is 19.8 Å². The second-order valence-corrected chi connectivity index (χ2v) is 15.1. The lowest BCUT2D eigenvalue weighted by molar-refractivity contribution is -0.161. The number of carbonyl (C=O) groups is 2. The van der Waals surface area contributed by atoms with E-state index in [1.165, 1.54) is 57.8 Å². The molecular formula is C44H75O10P. The van der Waals surface area contributed by atoms with Gasteiger partial charge in [0.25, 0.3) is 0 Å². The molecule has 1 unspecified atom stereocenters. The summed E-state index contributed by atoms with van der Waals surface area (Å²) in [6.07, 6.45) is 44.5. The fraction of sp³-hybridized carbons (Fsp3) is 0.682. The third kappa shape index (κ3) is 39.4. The molecule has 55 heavy (non-hydrogen) atoms. The molecule has 0 heterocycles. The van der Waals surface area contributed by atoms with E-state index < -0.39 is 51.8 Å². The maximum atomic E-state index is 12.6. The molecule has 0 saturated heterocycles. The van der Waals surface area contributed by atoms with Gasteiger partial charge in [0.2, 0.25) is 0 Å². The summed E-state index contributed by atoms with van der Waals surface area (Å²) in [7, 11) is -4.64. The van der Waals surface area contributed by atoms with Crippen LogP contribution in [-0.4, -0.2) is 65.7 Å². The molecule has 3 atom stereocenters. The van der Waals surface area contributed by atoms with Crippen LogP contribution in [0.25, 0.3) is 0 Å². The van der Waals surface area contributed by atoms with Crippen LogP contribution in [0, 0.1) is 0 Å². The maximum Gasteiger partial charge on any atom is 0.472 e. The zero-order valence-electron chi connectivity index (χ0n) is 34.1. The molecule has 0 aliphatic rings. The highest BCUT2D eigenvalue weighted by Gasteiger charge is 2.27. The Labute approximate surface area is 333 Å². The number of phosphoric acid groups is 1. The van der Waals surface area contributed by atoms with Crippen LogP contribution in [0.1, 0.15) is 155 Å². The van der Waals surface area contributed by atoms with E-state index in [-0.39, 0.29) is 19.4 Å². The fourth-order valence-corrected chi connectivity index (χ4v) is 5.93. The lowest BCUT2D eigenvalue weighted by Crippen LogP contribution is -2.29. The Morgan fingerprint density at radius 1 is 0.564 bits per heavy atom. The van der Waals surface area contributed by atoms with Crippen molar-refractivity contribution >= 4 is 19.8 Å². The minimum atomic E-state index is -4.64. The van der Waals surface area contributed by atoms with Gasteiger partial charge in [-0.3, -0.25) is 18.6 Å². The molecule has 0 aromatic heterocycles. The third-order valence-electron chi connectivity index (χ3n) is 8.34. The maximum absolute atomic E-state index is 12.6. The van der Waals surface area contributed by atoms with Gasteiger partial charge in [-0.2, -0.15) is 0 Å². The topological polar surface area (TPSA) is 149 Å². The molecule has 10 nitrogen and oxygen atoms in total. The molecule has 0 radical (unpaired) electrons. The second-order valence-electron chi connectivity index (χ2n) is 13.6. The van der Waals surface area contributed by atoms with E-state index in [0.717, 1.165) is 51.4 Å². The summed E-state index contributed by atoms with van der Waals surface area (Å²) < 4.78 is 32.6. The smallest absolute Gasteiger partial charge is 0.462 e. The first-order valence-electron chi connectivity index (χ1n) is 20.9. The average molecular weight is 795 g/mol. The highest BCUT2D eigenvalue weighted by Crippen LogP contribution is 2.43. The molecular weight excluding hydrogens is 719 g/mol. The van der Waals surface area contributed by atoms with Crippen LogP contribution in [0.4, 0.5) is 0 Å². The van der Waals surface area contributed by atoms with Gasteiger partial charge in [0.05, 0.1) is 19.8 Å². The quantitative estimate of drug-likeness (QED) is 0.0239. The predicted octanol–water partition coefficient (Wildman–Crippen LogP) is 10.9. The molecule has 0 rings (SSSR count). The summed E-state index contributed by atoms with van der Waals surface area (Å²) in [5.74, 6) is -1.02. The number of carbonyl (C=O) groups excluding carboxylic acids is 2. The van der Waals surface area contributed by atoms with Crippen LogP contribution < -0.4 is 0 Å². The fourth-order valence-electron chi connectivity index (χ4n) is 5.14. The first-order chi connectivity index (χ1) is 26.7. The normalized spacial score (nSPS) is 14.6. The number of hydrogen-bond donors (Lipinski definition) is 3. The molecule has 0 aromatic rings. The van der Waals surface area contributed by atoms with E-state index >= 15 is 0 Å². The number of aliphatic hydroxyl groups is 2. The monoisotopic (exact) mass is 795 g/mol. The Hall–Kier alpha value is -2.59. The molecule has 0 aromatic carbocycles. The van der Waals surface area contributed by atoms with Crippen LogP contribution in [0.3, 0.4) is 0 Å². The summed E-state index contributed by atoms with van der Waals surface area (Å²) in [5, 5.41) is 18.3. The summed E-state index contributed by atoms with van der Waals surface area (Å²) in [5.41, 5.74) is 0. The Bertz CT molecular complexity index is 1140. The van der Waals surface area contributed by atoms with Crippen LogP contribution in [0.5, 0.6) is 0 Å². The Balaban J connectivity index is 4.46. The number of allylic oxidation sites excluding steroid dienone is 12. The SMILES string of the molecule is CC/C=C/C/C=C/C/C=C/C/C=C/C/C=C/CCCC(=O)OC[C@H](COP(=O)(O)OC[C@@H](O)CO)OC(=O)CCCC/C=C/CCCCCCCCCCC. The van der Waals surface area contributed by atoms with Gasteiger partial charge in [0, 0.05) is 12.8 Å². The first-order valence-corrected chi connectivity index (χ1v) is 22.4. The molecule has 0 amide bonds. The van der Waals surface area contributed by atoms with Crippen LogP contribution in [-0.2, 0) is 32.7 Å². The van der Waals surface area contributed by atoms with E-state index in [4.69, 9.17) is 19.1 Å². The van der Waals surface area contributed by atoms with Crippen molar-refractivity contribution < 1.29 is 47.8 Å². The number of phosphoric ester groups is 1. The average Bonchev–Trinajstić information content (AvgIpc) is 3.17. The summed E-state index contributed by atoms with van der Waals surface area (Å²) in [6, 6.07) is 0. The van der Waals surface area contributed by atoms with Gasteiger partial charge in [-0.15, -0.1) is 0 Å². The number of esters is 2. The van der Waals surface area contributed by atoms with E-state index in [1.807, 2.05) is 6.08 Å². The Morgan fingerprint density at radius 3 is 1.58 bits per heavy atom. The van der Waals surface area contributed by atoms with Crippen molar-refractivity contribution in [3.8, 4) is 0 Å². The lowest BCUT2D eigenvalue weighted by Gasteiger charge is -2.20. The van der Waals surface area contributed by atoms with Gasteiger partial charge in [-0.1, -0.05) is 138 Å². The number of unbranched alkanes of at least 4 members (excludes halogenated alkanes) is 12. The Morgan fingerprint density at radius 2 is 1.02 bits per heavy atom. The van der Waals surface area contributed by atoms with Crippen LogP contribution in [0.2, 0.25) is 0 Å². The number of rotatable bonds is 38. The zero-order valence-corrected chi connectivity index (χ0v) is 35.0. The van der Waals surface area contributed by atoms with Crippen molar-refractivity contribution in [2.75, 3.05) is 26.4 Å². The molecule has 0 aliphatic carbocycles. The summed E-state index contributed by atoms with van der Waals surface area (Å²) in [6.45, 7) is 2.16. The van der Waals surface area contributed by atoms with Crippen LogP contribution >= 0.6 is 7.82 Å². The van der Waals surface area contributed by atoms with Gasteiger partial charge in [0.15, 0.2) is 6.10 Å². The highest BCUT2D eigenvalue weighted by atomic mass is 31.2. The Kier molecular flexibility index (Phi) is 37.8. The standard InChI is InChI=1S/C44H75O10P/c1-3-5-7-9-11-13-15-17-19-20-22-23-25-27-29-31-33-35-43(47)51-39-42(40-53-55(49,50)52-38-41(46)37-45)54-44(48)36-34-32-30-28-26-24-21-18-16-14-12-10-8-6-4-2/h5,7,11,13,17,19,22-23,26-29,41-42,45-46H,3-4,6,8-10,12,14-16,18,20-21,24-25,30-40H2,1-2H3,(H,49,50)/b7-5+,13-11+,19-17+,23-22+,28-26+,29-27+/t41-,42+/m0/s1. The largest absolute Gasteiger partial charge is 0.472 e. The second kappa shape index (κ2) is 39.6. The van der Waals surface area contributed by atoms with E-state index in [9.17, 15) is 24.2 Å². The molecule has 3 N–H and O–H groups in total. The van der Waals surface area contributed by atoms with Crippen molar-refractivity contribution in [1.82, 2.24) is 0 Å². The number of aliphatic hydroxyl groups excluding tert-OH is 2. The first kappa shape index (κ1) is 52.4. The molecule has 0 spiro atoms. The van der Waals surface area contributed by atoms with E-state index in [2.05, 4.69) is 85.2 Å². The van der Waals surface area contributed by atoms with Crippen molar-refractivity contribution in [2.45, 2.75) is 167 Å². The number of hydrogen-bond acceptors (Lipinski definition) is 9. The van der Waals surface area contributed by atoms with E-state index in [0.29, 0.717) is 19.3 Å². The molecule has 0 fully saturated rings. The third-order valence-corrected chi connectivity index (χ3v) is 9.30. The summed E-state index contributed by atoms with van der Waals surface area (Å²) >= 11 is 0. The lowest BCUT2D eigenvalue weighted by atomic mass is 10.1. The molecule has 11 heteroatoms. The van der Waals surface area contributed by atoms with Gasteiger partial charge < -0.3 is 24.6 Å². The zero-order chi connectivity index (χ0) is 40.5. The van der Waals surface area contributed by atoms with Crippen molar-refractivity contribution in [3.63, 3.8) is 0 Å². The predicted molar refractivity (Wildman–Crippen MR) is 223 cm³/mol. The number of ether oxygens (including phenoxy) is 2. The molecule has 0 aliphatic heterocycles. The summed E-state index contributed by atoms with van der Waals surface area (Å²) in [4.78, 5) is 34.9. The van der Waals surface area contributed by atoms with Crippen molar-refractivity contribution in [2.24, 2.45) is 0 Å². The highest BCUT2D eigenvalue weighted by molar-refractivity contribution is 7.47. The van der Waals surface area contributed by atoms with E-state index in [1.54, 1.807) is 0 Å². The van der Waals surface area contributed by atoms with Crippen molar-refractivity contribution in [3.05, 3.63) is 72.9 Å². The molecule has 0 saturated carbocycles. The van der Waals surface area contributed by atoms with Gasteiger partial charge in [-0.25, -0.2) is 4.57 Å².